The van der Waals surface area contributed by atoms with E-state index in [0.717, 1.165) is 0 Å². The van der Waals surface area contributed by atoms with Crippen LogP contribution >= 0.6 is 7.82 Å². The lowest BCUT2D eigenvalue weighted by Crippen LogP contribution is -2.58. The molecule has 1 fully saturated rings. The highest BCUT2D eigenvalue weighted by molar-refractivity contribution is 7.46. The molecule has 5 N–H and O–H groups in total. The Morgan fingerprint density at radius 2 is 2.00 bits per heavy atom. The van der Waals surface area contributed by atoms with Gasteiger partial charge in [0.2, 0.25) is 0 Å². The van der Waals surface area contributed by atoms with Crippen molar-refractivity contribution in [3.63, 3.8) is 0 Å². The summed E-state index contributed by atoms with van der Waals surface area (Å²) in [6.45, 7) is -0.720. The van der Waals surface area contributed by atoms with Crippen molar-refractivity contribution in [3.8, 4) is 0 Å². The third-order valence-corrected chi connectivity index (χ3v) is 2.76. The van der Waals surface area contributed by atoms with Crippen LogP contribution in [0.3, 0.4) is 0 Å². The third kappa shape index (κ3) is 3.62. The Bertz CT molecular complexity index is 381. The van der Waals surface area contributed by atoms with Crippen LogP contribution in [0.25, 0.3) is 10.4 Å². The smallest absolute Gasteiger partial charge is 0.394 e. The summed E-state index contributed by atoms with van der Waals surface area (Å²) in [5.74, 6) is 0. The summed E-state index contributed by atoms with van der Waals surface area (Å²) in [7, 11) is -4.96. The normalized spacial score (nSPS) is 37.1. The average molecular weight is 285 g/mol. The summed E-state index contributed by atoms with van der Waals surface area (Å²) < 4.78 is 19.7. The molecule has 1 saturated heterocycles. The number of nitrogens with zero attached hydrogens (tertiary/aromatic N) is 3. The Morgan fingerprint density at radius 3 is 2.44 bits per heavy atom. The summed E-state index contributed by atoms with van der Waals surface area (Å²) in [6, 6.07) is -1.56. The molecule has 0 aromatic rings. The van der Waals surface area contributed by atoms with E-state index in [1.54, 1.807) is 0 Å². The highest BCUT2D eigenvalue weighted by atomic mass is 31.2. The standard InChI is InChI=1S/C6H12N3O8P/c7-9-8-3-5(12)4(11)2(1-10)16-6(3)17-18(13,14)15/h2-6,10-12H,1H2,(H2,13,14,15)/t2-,3-,4+,5-,6-/m1/s1. The number of phosphoric ester groups is 1. The highest BCUT2D eigenvalue weighted by Crippen LogP contribution is 2.41. The topological polar surface area (TPSA) is 185 Å². The molecule has 5 atom stereocenters. The van der Waals surface area contributed by atoms with Crippen LogP contribution in [-0.2, 0) is 13.8 Å². The molecule has 0 unspecified atom stereocenters. The van der Waals surface area contributed by atoms with E-state index in [9.17, 15) is 14.8 Å². The number of phosphoric acid groups is 1. The predicted octanol–water partition coefficient (Wildman–Crippen LogP) is -1.79. The number of aliphatic hydroxyl groups is 3. The lowest BCUT2D eigenvalue weighted by Gasteiger charge is -2.39. The van der Waals surface area contributed by atoms with Gasteiger partial charge in [-0.25, -0.2) is 4.57 Å². The minimum atomic E-state index is -4.96. The van der Waals surface area contributed by atoms with Crippen molar-refractivity contribution in [2.24, 2.45) is 5.11 Å². The van der Waals surface area contributed by atoms with E-state index in [4.69, 9.17) is 25.2 Å². The molecule has 1 aliphatic heterocycles. The van der Waals surface area contributed by atoms with Crippen molar-refractivity contribution in [3.05, 3.63) is 10.4 Å². The molecule has 0 aromatic heterocycles. The third-order valence-electron chi connectivity index (χ3n) is 2.27. The molecule has 0 saturated carbocycles. The summed E-state index contributed by atoms with van der Waals surface area (Å²) in [4.78, 5) is 19.6. The Hall–Kier alpha value is -0.740. The van der Waals surface area contributed by atoms with Crippen molar-refractivity contribution in [2.75, 3.05) is 6.61 Å². The highest BCUT2D eigenvalue weighted by Gasteiger charge is 2.46. The molecule has 1 aliphatic rings. The molecular weight excluding hydrogens is 273 g/mol. The van der Waals surface area contributed by atoms with Crippen LogP contribution < -0.4 is 0 Å². The second kappa shape index (κ2) is 5.93. The van der Waals surface area contributed by atoms with Gasteiger partial charge in [-0.15, -0.1) is 0 Å². The van der Waals surface area contributed by atoms with E-state index in [2.05, 4.69) is 14.5 Å². The summed E-state index contributed by atoms with van der Waals surface area (Å²) in [6.07, 6.45) is -6.37. The molecule has 12 heteroatoms. The number of hydrogen-bond acceptors (Lipinski definition) is 7. The minimum Gasteiger partial charge on any atom is -0.394 e. The molecule has 0 aliphatic carbocycles. The summed E-state index contributed by atoms with van der Waals surface area (Å²) in [5, 5.41) is 31.0. The first-order valence-electron chi connectivity index (χ1n) is 4.70. The second-order valence-electron chi connectivity index (χ2n) is 3.50. The maximum atomic E-state index is 10.7. The van der Waals surface area contributed by atoms with E-state index in [1.165, 1.54) is 0 Å². The summed E-state index contributed by atoms with van der Waals surface area (Å²) >= 11 is 0. The quantitative estimate of drug-likeness (QED) is 0.173. The first-order valence-corrected chi connectivity index (χ1v) is 6.23. The van der Waals surface area contributed by atoms with E-state index in [0.29, 0.717) is 0 Å². The molecule has 1 rings (SSSR count). The molecule has 0 aromatic carbocycles. The van der Waals surface area contributed by atoms with Crippen molar-refractivity contribution in [1.82, 2.24) is 0 Å². The fraction of sp³-hybridized carbons (Fsp3) is 1.00. The molecule has 11 nitrogen and oxygen atoms in total. The molecule has 1 heterocycles. The summed E-state index contributed by atoms with van der Waals surface area (Å²) in [5.41, 5.74) is 8.27. The Balaban J connectivity index is 2.95. The Morgan fingerprint density at radius 1 is 1.39 bits per heavy atom. The zero-order valence-corrected chi connectivity index (χ0v) is 9.74. The van der Waals surface area contributed by atoms with E-state index in [-0.39, 0.29) is 0 Å². The zero-order chi connectivity index (χ0) is 13.9. The first kappa shape index (κ1) is 15.3. The lowest BCUT2D eigenvalue weighted by atomic mass is 9.98. The van der Waals surface area contributed by atoms with E-state index >= 15 is 0 Å². The van der Waals surface area contributed by atoms with Gasteiger partial charge in [0.25, 0.3) is 0 Å². The van der Waals surface area contributed by atoms with Crippen molar-refractivity contribution >= 4 is 7.82 Å². The van der Waals surface area contributed by atoms with Crippen LogP contribution in [0.4, 0.5) is 0 Å². The lowest BCUT2D eigenvalue weighted by molar-refractivity contribution is -0.242. The number of rotatable bonds is 4. The van der Waals surface area contributed by atoms with Gasteiger partial charge in [-0.1, -0.05) is 5.11 Å². The molecule has 0 bridgehead atoms. The van der Waals surface area contributed by atoms with Crippen molar-refractivity contribution in [2.45, 2.75) is 30.6 Å². The van der Waals surface area contributed by atoms with Crippen LogP contribution in [0.15, 0.2) is 5.11 Å². The second-order valence-corrected chi connectivity index (χ2v) is 4.69. The fourth-order valence-corrected chi connectivity index (χ4v) is 1.92. The van der Waals surface area contributed by atoms with Gasteiger partial charge in [-0.2, -0.15) is 0 Å². The number of azide groups is 1. The predicted molar refractivity (Wildman–Crippen MR) is 53.8 cm³/mol. The average Bonchev–Trinajstić information content (AvgIpc) is 2.26. The van der Waals surface area contributed by atoms with Gasteiger partial charge in [0, 0.05) is 4.91 Å². The molecule has 104 valence electrons. The fourth-order valence-electron chi connectivity index (χ4n) is 1.47. The van der Waals surface area contributed by atoms with Crippen LogP contribution in [0, 0.1) is 0 Å². The largest absolute Gasteiger partial charge is 0.471 e. The molecule has 0 amide bonds. The molecule has 0 spiro atoms. The van der Waals surface area contributed by atoms with Gasteiger partial charge in [-0.3, -0.25) is 4.52 Å². The van der Waals surface area contributed by atoms with Crippen molar-refractivity contribution in [1.29, 1.82) is 0 Å². The molecular formula is C6H12N3O8P. The zero-order valence-electron chi connectivity index (χ0n) is 8.84. The van der Waals surface area contributed by atoms with Gasteiger partial charge in [0.15, 0.2) is 6.29 Å². The van der Waals surface area contributed by atoms with Gasteiger partial charge >= 0.3 is 7.82 Å². The van der Waals surface area contributed by atoms with Gasteiger partial charge in [0.1, 0.15) is 18.2 Å². The Labute approximate surface area is 100 Å². The van der Waals surface area contributed by atoms with Gasteiger partial charge in [0.05, 0.1) is 12.7 Å². The first-order chi connectivity index (χ1) is 8.30. The van der Waals surface area contributed by atoms with Crippen LogP contribution in [0.5, 0.6) is 0 Å². The van der Waals surface area contributed by atoms with Crippen LogP contribution in [-0.4, -0.2) is 62.4 Å². The number of ether oxygens (including phenoxy) is 1. The number of aliphatic hydroxyl groups excluding tert-OH is 3. The van der Waals surface area contributed by atoms with E-state index in [1.807, 2.05) is 0 Å². The maximum absolute atomic E-state index is 10.7. The minimum absolute atomic E-state index is 0.720. The molecule has 18 heavy (non-hydrogen) atoms. The maximum Gasteiger partial charge on any atom is 0.471 e. The van der Waals surface area contributed by atoms with Crippen LogP contribution in [0.2, 0.25) is 0 Å². The van der Waals surface area contributed by atoms with Gasteiger partial charge < -0.3 is 29.8 Å². The van der Waals surface area contributed by atoms with E-state index < -0.39 is 45.1 Å². The van der Waals surface area contributed by atoms with Gasteiger partial charge in [-0.05, 0) is 5.53 Å². The monoisotopic (exact) mass is 285 g/mol. The molecule has 0 radical (unpaired) electrons. The Kier molecular flexibility index (Phi) is 5.05. The number of hydrogen-bond donors (Lipinski definition) is 5. The van der Waals surface area contributed by atoms with Crippen molar-refractivity contribution < 1.29 is 38.9 Å². The van der Waals surface area contributed by atoms with Crippen LogP contribution in [0.1, 0.15) is 0 Å². The SMILES string of the molecule is [N-]=[N+]=N[C@H]1[C@@H](OP(=O)(O)O)O[C@H](CO)[C@H](O)[C@@H]1O.